The van der Waals surface area contributed by atoms with Crippen molar-refractivity contribution in [2.45, 2.75) is 0 Å². The van der Waals surface area contributed by atoms with Gasteiger partial charge in [-0.25, -0.2) is 4.98 Å². The molecule has 2 aromatic rings. The predicted molar refractivity (Wildman–Crippen MR) is 74.2 cm³/mol. The van der Waals surface area contributed by atoms with Gasteiger partial charge < -0.3 is 15.4 Å². The number of pyridine rings is 1. The third-order valence-electron chi connectivity index (χ3n) is 2.43. The summed E-state index contributed by atoms with van der Waals surface area (Å²) in [4.78, 5) is 4.36. The Labute approximate surface area is 107 Å². The van der Waals surface area contributed by atoms with Gasteiger partial charge in [-0.3, -0.25) is 0 Å². The maximum absolute atomic E-state index is 5.58. The minimum atomic E-state index is 0.607. The number of anilines is 2. The standard InChI is InChI=1S/C14H17N3O/c1-15-13-8-5-9-14(17-13)16-10-11-18-12-6-3-2-4-7-12/h2-9H,10-11H2,1H3,(H2,15,16,17). The molecule has 2 N–H and O–H groups in total. The molecule has 0 aliphatic heterocycles. The molecule has 0 spiro atoms. The van der Waals surface area contributed by atoms with E-state index in [1.807, 2.05) is 55.6 Å². The smallest absolute Gasteiger partial charge is 0.128 e. The summed E-state index contributed by atoms with van der Waals surface area (Å²) in [5.74, 6) is 2.58. The number of hydrogen-bond donors (Lipinski definition) is 2. The molecular weight excluding hydrogens is 226 g/mol. The summed E-state index contributed by atoms with van der Waals surface area (Å²) in [6.07, 6.45) is 0. The van der Waals surface area contributed by atoms with Crippen LogP contribution >= 0.6 is 0 Å². The van der Waals surface area contributed by atoms with E-state index in [-0.39, 0.29) is 0 Å². The van der Waals surface area contributed by atoms with E-state index in [0.717, 1.165) is 23.9 Å². The van der Waals surface area contributed by atoms with Crippen LogP contribution in [0.4, 0.5) is 11.6 Å². The summed E-state index contributed by atoms with van der Waals surface area (Å²) in [6, 6.07) is 15.6. The lowest BCUT2D eigenvalue weighted by Crippen LogP contribution is -2.12. The van der Waals surface area contributed by atoms with E-state index in [1.54, 1.807) is 0 Å². The van der Waals surface area contributed by atoms with Crippen molar-refractivity contribution in [1.29, 1.82) is 0 Å². The van der Waals surface area contributed by atoms with Crippen LogP contribution in [0.5, 0.6) is 5.75 Å². The Bertz CT molecular complexity index is 473. The van der Waals surface area contributed by atoms with E-state index in [4.69, 9.17) is 4.74 Å². The molecule has 1 heterocycles. The second-order valence-electron chi connectivity index (χ2n) is 3.75. The van der Waals surface area contributed by atoms with Gasteiger partial charge in [0.1, 0.15) is 24.0 Å². The summed E-state index contributed by atoms with van der Waals surface area (Å²) in [5, 5.41) is 6.21. The van der Waals surface area contributed by atoms with E-state index in [9.17, 15) is 0 Å². The van der Waals surface area contributed by atoms with Crippen LogP contribution in [0.3, 0.4) is 0 Å². The van der Waals surface area contributed by atoms with Gasteiger partial charge in [0.2, 0.25) is 0 Å². The fourth-order valence-corrected chi connectivity index (χ4v) is 1.54. The first-order valence-electron chi connectivity index (χ1n) is 5.95. The second kappa shape index (κ2) is 6.49. The minimum absolute atomic E-state index is 0.607. The summed E-state index contributed by atoms with van der Waals surface area (Å²) < 4.78 is 5.58. The Hall–Kier alpha value is -2.23. The SMILES string of the molecule is CNc1cccc(NCCOc2ccccc2)n1. The fourth-order valence-electron chi connectivity index (χ4n) is 1.54. The Morgan fingerprint density at radius 2 is 1.78 bits per heavy atom. The summed E-state index contributed by atoms with van der Waals surface area (Å²) in [7, 11) is 1.85. The highest BCUT2D eigenvalue weighted by Crippen LogP contribution is 2.09. The molecule has 94 valence electrons. The molecule has 0 saturated heterocycles. The molecule has 18 heavy (non-hydrogen) atoms. The second-order valence-corrected chi connectivity index (χ2v) is 3.75. The van der Waals surface area contributed by atoms with Crippen LogP contribution in [0.2, 0.25) is 0 Å². The van der Waals surface area contributed by atoms with Crippen LogP contribution in [-0.2, 0) is 0 Å². The van der Waals surface area contributed by atoms with Crippen LogP contribution in [0, 0.1) is 0 Å². The normalized spacial score (nSPS) is 9.83. The molecule has 0 amide bonds. The Kier molecular flexibility index (Phi) is 4.41. The average Bonchev–Trinajstić information content (AvgIpc) is 2.45. The van der Waals surface area contributed by atoms with Crippen LogP contribution in [0.25, 0.3) is 0 Å². The minimum Gasteiger partial charge on any atom is -0.492 e. The molecule has 0 unspecified atom stereocenters. The number of nitrogens with one attached hydrogen (secondary N) is 2. The zero-order chi connectivity index (χ0) is 12.6. The highest BCUT2D eigenvalue weighted by Gasteiger charge is 1.95. The van der Waals surface area contributed by atoms with E-state index >= 15 is 0 Å². The van der Waals surface area contributed by atoms with Crippen LogP contribution in [0.1, 0.15) is 0 Å². The maximum Gasteiger partial charge on any atom is 0.128 e. The molecule has 2 rings (SSSR count). The largest absolute Gasteiger partial charge is 0.492 e. The monoisotopic (exact) mass is 243 g/mol. The Morgan fingerprint density at radius 3 is 2.56 bits per heavy atom. The zero-order valence-corrected chi connectivity index (χ0v) is 10.4. The van der Waals surface area contributed by atoms with Gasteiger partial charge in [-0.2, -0.15) is 0 Å². The number of ether oxygens (including phenoxy) is 1. The Balaban J connectivity index is 1.75. The molecule has 0 aliphatic carbocycles. The highest BCUT2D eigenvalue weighted by molar-refractivity contribution is 5.44. The molecule has 1 aromatic heterocycles. The lowest BCUT2D eigenvalue weighted by Gasteiger charge is -2.08. The molecule has 0 atom stereocenters. The molecule has 4 nitrogen and oxygen atoms in total. The molecule has 0 bridgehead atoms. The van der Waals surface area contributed by atoms with Crippen molar-refractivity contribution < 1.29 is 4.74 Å². The quantitative estimate of drug-likeness (QED) is 0.766. The van der Waals surface area contributed by atoms with E-state index in [2.05, 4.69) is 15.6 Å². The van der Waals surface area contributed by atoms with Crippen molar-refractivity contribution in [3.05, 3.63) is 48.5 Å². The Morgan fingerprint density at radius 1 is 1.00 bits per heavy atom. The van der Waals surface area contributed by atoms with Crippen LogP contribution in [0.15, 0.2) is 48.5 Å². The van der Waals surface area contributed by atoms with Gasteiger partial charge in [0, 0.05) is 7.05 Å². The number of aromatic nitrogens is 1. The van der Waals surface area contributed by atoms with E-state index in [1.165, 1.54) is 0 Å². The predicted octanol–water partition coefficient (Wildman–Crippen LogP) is 2.61. The van der Waals surface area contributed by atoms with Gasteiger partial charge in [0.25, 0.3) is 0 Å². The summed E-state index contributed by atoms with van der Waals surface area (Å²) >= 11 is 0. The molecule has 1 aromatic carbocycles. The van der Waals surface area contributed by atoms with Gasteiger partial charge >= 0.3 is 0 Å². The van der Waals surface area contributed by atoms with Gasteiger partial charge in [0.05, 0.1) is 6.54 Å². The van der Waals surface area contributed by atoms with Gasteiger partial charge in [-0.1, -0.05) is 24.3 Å². The first-order valence-corrected chi connectivity index (χ1v) is 5.95. The zero-order valence-electron chi connectivity index (χ0n) is 10.4. The van der Waals surface area contributed by atoms with Crippen molar-refractivity contribution in [3.8, 4) is 5.75 Å². The third kappa shape index (κ3) is 3.66. The van der Waals surface area contributed by atoms with Crippen LogP contribution < -0.4 is 15.4 Å². The third-order valence-corrected chi connectivity index (χ3v) is 2.43. The fraction of sp³-hybridized carbons (Fsp3) is 0.214. The van der Waals surface area contributed by atoms with Crippen LogP contribution in [-0.4, -0.2) is 25.2 Å². The molecule has 4 heteroatoms. The van der Waals surface area contributed by atoms with Crippen molar-refractivity contribution >= 4 is 11.6 Å². The lowest BCUT2D eigenvalue weighted by atomic mass is 10.3. The molecule has 0 saturated carbocycles. The molecular formula is C14H17N3O. The molecule has 0 fully saturated rings. The maximum atomic E-state index is 5.58. The van der Waals surface area contributed by atoms with Gasteiger partial charge in [-0.15, -0.1) is 0 Å². The topological polar surface area (TPSA) is 46.2 Å². The van der Waals surface area contributed by atoms with Crippen molar-refractivity contribution in [1.82, 2.24) is 4.98 Å². The highest BCUT2D eigenvalue weighted by atomic mass is 16.5. The molecule has 0 radical (unpaired) electrons. The number of para-hydroxylation sites is 1. The van der Waals surface area contributed by atoms with Crippen molar-refractivity contribution in [2.24, 2.45) is 0 Å². The first-order chi connectivity index (χ1) is 8.88. The lowest BCUT2D eigenvalue weighted by molar-refractivity contribution is 0.333. The number of rotatable bonds is 6. The van der Waals surface area contributed by atoms with Gasteiger partial charge in [0.15, 0.2) is 0 Å². The number of hydrogen-bond acceptors (Lipinski definition) is 4. The molecule has 0 aliphatic rings. The first kappa shape index (κ1) is 12.2. The van der Waals surface area contributed by atoms with Crippen molar-refractivity contribution in [3.63, 3.8) is 0 Å². The summed E-state index contributed by atoms with van der Waals surface area (Å²) in [6.45, 7) is 1.32. The van der Waals surface area contributed by atoms with Crippen molar-refractivity contribution in [2.75, 3.05) is 30.8 Å². The van der Waals surface area contributed by atoms with E-state index in [0.29, 0.717) is 6.61 Å². The average molecular weight is 243 g/mol. The number of nitrogens with zero attached hydrogens (tertiary/aromatic N) is 1. The number of benzene rings is 1. The summed E-state index contributed by atoms with van der Waals surface area (Å²) in [5.41, 5.74) is 0. The van der Waals surface area contributed by atoms with Gasteiger partial charge in [-0.05, 0) is 24.3 Å². The van der Waals surface area contributed by atoms with E-state index < -0.39 is 0 Å².